The summed E-state index contributed by atoms with van der Waals surface area (Å²) in [7, 11) is -5.33. The third-order valence-electron chi connectivity index (χ3n) is 2.32. The minimum atomic E-state index is -5.33. The van der Waals surface area contributed by atoms with Crippen LogP contribution in [0.15, 0.2) is 30.3 Å². The van der Waals surface area contributed by atoms with Gasteiger partial charge in [0, 0.05) is 6.42 Å². The van der Waals surface area contributed by atoms with Gasteiger partial charge in [0.1, 0.15) is 6.04 Å². The molecule has 9 heteroatoms. The maximum Gasteiger partial charge on any atom is 0.341 e. The summed E-state index contributed by atoms with van der Waals surface area (Å²) in [6, 6.07) is 5.57. The van der Waals surface area contributed by atoms with E-state index in [0.29, 0.717) is 5.56 Å². The molecule has 0 aliphatic carbocycles. The van der Waals surface area contributed by atoms with Gasteiger partial charge < -0.3 is 5.11 Å². The van der Waals surface area contributed by atoms with E-state index in [2.05, 4.69) is 0 Å². The largest absolute Gasteiger partial charge is 0.480 e. The second kappa shape index (κ2) is 6.04. The summed E-state index contributed by atoms with van der Waals surface area (Å²) >= 11 is 0. The first-order valence-corrected chi connectivity index (χ1v) is 6.44. The molecule has 0 fully saturated rings. The van der Waals surface area contributed by atoms with Crippen molar-refractivity contribution < 1.29 is 31.7 Å². The summed E-state index contributed by atoms with van der Waals surface area (Å²) in [5, 5.41) is 8.87. The average Bonchev–Trinajstić information content (AvgIpc) is 2.27. The van der Waals surface area contributed by atoms with E-state index in [0.717, 1.165) is 0 Å². The second-order valence-electron chi connectivity index (χ2n) is 3.63. The number of alkyl halides is 2. The fourth-order valence-electron chi connectivity index (χ4n) is 1.52. The number of rotatable bonds is 6. The Morgan fingerprint density at radius 1 is 1.26 bits per heavy atom. The van der Waals surface area contributed by atoms with Gasteiger partial charge in [-0.25, -0.2) is 0 Å². The predicted octanol–water partition coefficient (Wildman–Crippen LogP) is 1.01. The van der Waals surface area contributed by atoms with Crippen LogP contribution < -0.4 is 0 Å². The van der Waals surface area contributed by atoms with Gasteiger partial charge in [0.2, 0.25) is 0 Å². The normalized spacial score (nSPS) is 13.7. The van der Waals surface area contributed by atoms with Crippen molar-refractivity contribution in [2.24, 2.45) is 0 Å². The molecule has 1 atom stereocenters. The van der Waals surface area contributed by atoms with Gasteiger partial charge in [0.05, 0.1) is 0 Å². The zero-order valence-corrected chi connectivity index (χ0v) is 10.3. The molecule has 0 saturated carbocycles. The predicted molar refractivity (Wildman–Crippen MR) is 61.0 cm³/mol. The summed E-state index contributed by atoms with van der Waals surface area (Å²) in [5.41, 5.74) is 0.351. The number of benzene rings is 1. The van der Waals surface area contributed by atoms with Crippen LogP contribution in [0.2, 0.25) is 0 Å². The number of halogens is 2. The van der Waals surface area contributed by atoms with Crippen LogP contribution in [0.25, 0.3) is 0 Å². The minimum Gasteiger partial charge on any atom is -0.480 e. The van der Waals surface area contributed by atoms with E-state index < -0.39 is 39.6 Å². The summed E-state index contributed by atoms with van der Waals surface area (Å²) < 4.78 is 54.9. The molecule has 0 unspecified atom stereocenters. The van der Waals surface area contributed by atoms with E-state index in [1.165, 1.54) is 12.1 Å². The van der Waals surface area contributed by atoms with Crippen molar-refractivity contribution in [2.75, 3.05) is 0 Å². The second-order valence-corrected chi connectivity index (χ2v) is 4.95. The summed E-state index contributed by atoms with van der Waals surface area (Å²) in [6.45, 7) is -3.65. The van der Waals surface area contributed by atoms with Gasteiger partial charge in [-0.1, -0.05) is 30.3 Å². The fourth-order valence-corrected chi connectivity index (χ4v) is 2.21. The van der Waals surface area contributed by atoms with Crippen LogP contribution in [0.1, 0.15) is 5.56 Å². The van der Waals surface area contributed by atoms with E-state index in [9.17, 15) is 22.0 Å². The molecular weight excluding hydrogens is 284 g/mol. The fraction of sp³-hybridized carbons (Fsp3) is 0.300. The lowest BCUT2D eigenvalue weighted by atomic mass is 10.1. The highest BCUT2D eigenvalue weighted by Gasteiger charge is 2.40. The van der Waals surface area contributed by atoms with Crippen molar-refractivity contribution in [2.45, 2.75) is 19.0 Å². The molecule has 0 aromatic heterocycles. The molecule has 19 heavy (non-hydrogen) atoms. The zero-order valence-electron chi connectivity index (χ0n) is 9.48. The lowest BCUT2D eigenvalue weighted by Crippen LogP contribution is -2.48. The molecule has 2 N–H and O–H groups in total. The van der Waals surface area contributed by atoms with Gasteiger partial charge >= 0.3 is 22.8 Å². The highest BCUT2D eigenvalue weighted by atomic mass is 32.2. The molecule has 106 valence electrons. The smallest absolute Gasteiger partial charge is 0.341 e. The van der Waals surface area contributed by atoms with Gasteiger partial charge in [-0.15, -0.1) is 4.31 Å². The van der Waals surface area contributed by atoms with Gasteiger partial charge in [0.25, 0.3) is 0 Å². The van der Waals surface area contributed by atoms with Crippen molar-refractivity contribution in [1.82, 2.24) is 4.31 Å². The van der Waals surface area contributed by atoms with Crippen LogP contribution in [0, 0.1) is 0 Å². The van der Waals surface area contributed by atoms with Gasteiger partial charge in [-0.3, -0.25) is 9.35 Å². The first-order chi connectivity index (χ1) is 8.73. The van der Waals surface area contributed by atoms with Crippen molar-refractivity contribution in [3.05, 3.63) is 35.9 Å². The third-order valence-corrected chi connectivity index (χ3v) is 3.27. The highest BCUT2D eigenvalue weighted by Crippen LogP contribution is 2.18. The molecule has 0 heterocycles. The third kappa shape index (κ3) is 4.23. The highest BCUT2D eigenvalue weighted by molar-refractivity contribution is 7.83. The van der Waals surface area contributed by atoms with Crippen LogP contribution in [0.3, 0.4) is 0 Å². The molecule has 0 aliphatic heterocycles. The molecule has 0 bridgehead atoms. The topological polar surface area (TPSA) is 94.9 Å². The Balaban J connectivity index is 3.09. The number of hydrogen-bond donors (Lipinski definition) is 2. The molecule has 0 radical (unpaired) electrons. The average molecular weight is 295 g/mol. The lowest BCUT2D eigenvalue weighted by molar-refractivity contribution is -0.145. The summed E-state index contributed by atoms with van der Waals surface area (Å²) in [5.74, 6) is -1.78. The Labute approximate surface area is 108 Å². The number of carboxylic acid groups (broad SMARTS) is 1. The number of carbonyl (C=O) groups is 1. The van der Waals surface area contributed by atoms with Crippen LogP contribution in [0.4, 0.5) is 8.78 Å². The van der Waals surface area contributed by atoms with E-state index in [1.54, 1.807) is 18.2 Å². The molecule has 6 nitrogen and oxygen atoms in total. The molecular formula is C10H11F2NO5S. The van der Waals surface area contributed by atoms with E-state index in [1.807, 2.05) is 0 Å². The van der Waals surface area contributed by atoms with E-state index in [4.69, 9.17) is 9.66 Å². The maximum absolute atomic E-state index is 12.6. The minimum absolute atomic E-state index is 0.351. The first-order valence-electron chi connectivity index (χ1n) is 5.04. The Bertz CT molecular complexity index is 534. The Morgan fingerprint density at radius 3 is 2.16 bits per heavy atom. The first kappa shape index (κ1) is 15.5. The van der Waals surface area contributed by atoms with Crippen LogP contribution >= 0.6 is 0 Å². The maximum atomic E-state index is 12.6. The number of nitrogens with zero attached hydrogens (tertiary/aromatic N) is 1. The number of carboxylic acids is 1. The Kier molecular flexibility index (Phi) is 4.92. The van der Waals surface area contributed by atoms with E-state index >= 15 is 0 Å². The molecule has 0 amide bonds. The van der Waals surface area contributed by atoms with Crippen LogP contribution in [-0.4, -0.2) is 40.9 Å². The molecule has 0 aliphatic rings. The van der Waals surface area contributed by atoms with Crippen molar-refractivity contribution in [1.29, 1.82) is 0 Å². The Hall–Kier alpha value is -1.58. The molecule has 0 saturated heterocycles. The SMILES string of the molecule is O=C(O)[C@H](Cc1ccccc1)N(C(F)F)S(=O)(=O)O. The monoisotopic (exact) mass is 295 g/mol. The quantitative estimate of drug-likeness (QED) is 0.603. The zero-order chi connectivity index (χ0) is 14.6. The van der Waals surface area contributed by atoms with Crippen molar-refractivity contribution >= 4 is 16.3 Å². The van der Waals surface area contributed by atoms with Gasteiger partial charge in [-0.2, -0.15) is 17.2 Å². The molecule has 0 spiro atoms. The molecule has 1 aromatic rings. The van der Waals surface area contributed by atoms with Crippen LogP contribution in [-0.2, 0) is 21.5 Å². The van der Waals surface area contributed by atoms with Crippen LogP contribution in [0.5, 0.6) is 0 Å². The standard InChI is InChI=1S/C10H11F2NO5S/c11-10(12)13(19(16,17)18)8(9(14)15)6-7-4-2-1-3-5-7/h1-5,8,10H,6H2,(H,14,15)(H,16,17,18)/t8-/m0/s1. The summed E-state index contributed by atoms with van der Waals surface area (Å²) in [4.78, 5) is 10.9. The lowest BCUT2D eigenvalue weighted by Gasteiger charge is -2.24. The van der Waals surface area contributed by atoms with Crippen molar-refractivity contribution in [3.63, 3.8) is 0 Å². The number of hydrogen-bond acceptors (Lipinski definition) is 3. The molecule has 1 rings (SSSR count). The van der Waals surface area contributed by atoms with Gasteiger partial charge in [0.15, 0.2) is 0 Å². The number of aliphatic carboxylic acids is 1. The summed E-state index contributed by atoms with van der Waals surface area (Å²) in [6.07, 6.45) is -0.486. The van der Waals surface area contributed by atoms with Gasteiger partial charge in [-0.05, 0) is 5.56 Å². The van der Waals surface area contributed by atoms with E-state index in [-0.39, 0.29) is 0 Å². The van der Waals surface area contributed by atoms with Crippen molar-refractivity contribution in [3.8, 4) is 0 Å². The Morgan fingerprint density at radius 2 is 1.79 bits per heavy atom. The molecule has 1 aromatic carbocycles.